The molecular weight excluding hydrogens is 254 g/mol. The molecule has 116 valence electrons. The third-order valence-electron chi connectivity index (χ3n) is 4.69. The number of ether oxygens (including phenoxy) is 1. The first-order valence-corrected chi connectivity index (χ1v) is 7.81. The minimum absolute atomic E-state index is 0.0541. The van der Waals surface area contributed by atoms with E-state index < -0.39 is 0 Å². The van der Waals surface area contributed by atoms with E-state index in [1.165, 1.54) is 12.8 Å². The maximum absolute atomic E-state index is 12.4. The van der Waals surface area contributed by atoms with Crippen LogP contribution in [-0.2, 0) is 9.53 Å². The highest BCUT2D eigenvalue weighted by Crippen LogP contribution is 2.38. The number of nitrogens with one attached hydrogen (secondary N) is 1. The van der Waals surface area contributed by atoms with Gasteiger partial charge in [-0.05, 0) is 26.7 Å². The SMILES string of the molecule is CC(C)(CN)NC(=O)CC1(N2CCOCC2)CCCC1. The molecule has 2 fully saturated rings. The highest BCUT2D eigenvalue weighted by molar-refractivity contribution is 5.78. The fourth-order valence-corrected chi connectivity index (χ4v) is 3.45. The molecule has 0 atom stereocenters. The van der Waals surface area contributed by atoms with Gasteiger partial charge in [0, 0.05) is 37.1 Å². The first-order valence-electron chi connectivity index (χ1n) is 7.81. The van der Waals surface area contributed by atoms with Crippen molar-refractivity contribution in [2.75, 3.05) is 32.8 Å². The highest BCUT2D eigenvalue weighted by atomic mass is 16.5. The van der Waals surface area contributed by atoms with Crippen molar-refractivity contribution in [1.82, 2.24) is 10.2 Å². The molecule has 5 heteroatoms. The fourth-order valence-electron chi connectivity index (χ4n) is 3.45. The molecule has 20 heavy (non-hydrogen) atoms. The largest absolute Gasteiger partial charge is 0.379 e. The lowest BCUT2D eigenvalue weighted by Gasteiger charge is -2.43. The molecule has 2 aliphatic rings. The minimum Gasteiger partial charge on any atom is -0.379 e. The van der Waals surface area contributed by atoms with Gasteiger partial charge >= 0.3 is 0 Å². The summed E-state index contributed by atoms with van der Waals surface area (Å²) in [5.74, 6) is 0.133. The van der Waals surface area contributed by atoms with Crippen LogP contribution >= 0.6 is 0 Å². The lowest BCUT2D eigenvalue weighted by molar-refractivity contribution is -0.127. The monoisotopic (exact) mass is 283 g/mol. The maximum Gasteiger partial charge on any atom is 0.222 e. The highest BCUT2D eigenvalue weighted by Gasteiger charge is 2.42. The smallest absolute Gasteiger partial charge is 0.222 e. The van der Waals surface area contributed by atoms with Gasteiger partial charge in [0.15, 0.2) is 0 Å². The Kier molecular flexibility index (Phi) is 5.04. The average molecular weight is 283 g/mol. The van der Waals surface area contributed by atoms with Crippen LogP contribution in [-0.4, -0.2) is 54.7 Å². The second-order valence-corrected chi connectivity index (χ2v) is 6.84. The van der Waals surface area contributed by atoms with Gasteiger partial charge in [-0.2, -0.15) is 0 Å². The summed E-state index contributed by atoms with van der Waals surface area (Å²) in [4.78, 5) is 14.9. The summed E-state index contributed by atoms with van der Waals surface area (Å²) < 4.78 is 5.45. The van der Waals surface area contributed by atoms with Crippen molar-refractivity contribution in [1.29, 1.82) is 0 Å². The molecule has 1 saturated carbocycles. The number of nitrogens with zero attached hydrogens (tertiary/aromatic N) is 1. The van der Waals surface area contributed by atoms with Crippen molar-refractivity contribution in [3.8, 4) is 0 Å². The van der Waals surface area contributed by atoms with E-state index in [4.69, 9.17) is 10.5 Å². The third-order valence-corrected chi connectivity index (χ3v) is 4.69. The minimum atomic E-state index is -0.318. The zero-order valence-electron chi connectivity index (χ0n) is 12.9. The van der Waals surface area contributed by atoms with Crippen LogP contribution in [0.15, 0.2) is 0 Å². The molecule has 0 radical (unpaired) electrons. The number of carbonyl (C=O) groups excluding carboxylic acids is 1. The predicted octanol–water partition coefficient (Wildman–Crippen LogP) is 0.875. The molecule has 2 rings (SSSR count). The molecule has 1 heterocycles. The summed E-state index contributed by atoms with van der Waals surface area (Å²) >= 11 is 0. The molecule has 3 N–H and O–H groups in total. The van der Waals surface area contributed by atoms with Crippen LogP contribution in [0.2, 0.25) is 0 Å². The van der Waals surface area contributed by atoms with Crippen LogP contribution in [0, 0.1) is 0 Å². The van der Waals surface area contributed by atoms with E-state index in [9.17, 15) is 4.79 Å². The van der Waals surface area contributed by atoms with Crippen molar-refractivity contribution in [3.05, 3.63) is 0 Å². The summed E-state index contributed by atoms with van der Waals surface area (Å²) in [5, 5.41) is 3.07. The van der Waals surface area contributed by atoms with Crippen molar-refractivity contribution in [3.63, 3.8) is 0 Å². The normalized spacial score (nSPS) is 23.8. The summed E-state index contributed by atoms with van der Waals surface area (Å²) in [6.07, 6.45) is 5.30. The Morgan fingerprint density at radius 3 is 2.45 bits per heavy atom. The van der Waals surface area contributed by atoms with E-state index in [1.807, 2.05) is 13.8 Å². The summed E-state index contributed by atoms with van der Waals surface area (Å²) in [6, 6.07) is 0. The molecular formula is C15H29N3O2. The molecule has 1 aliphatic carbocycles. The van der Waals surface area contributed by atoms with E-state index >= 15 is 0 Å². The van der Waals surface area contributed by atoms with Gasteiger partial charge in [-0.25, -0.2) is 0 Å². The predicted molar refractivity (Wildman–Crippen MR) is 79.5 cm³/mol. The Balaban J connectivity index is 2.00. The first kappa shape index (κ1) is 15.7. The number of hydrogen-bond acceptors (Lipinski definition) is 4. The topological polar surface area (TPSA) is 67.6 Å². The van der Waals surface area contributed by atoms with E-state index in [0.717, 1.165) is 39.1 Å². The van der Waals surface area contributed by atoms with Gasteiger partial charge in [0.25, 0.3) is 0 Å². The molecule has 0 bridgehead atoms. The second kappa shape index (κ2) is 6.41. The second-order valence-electron chi connectivity index (χ2n) is 6.84. The van der Waals surface area contributed by atoms with Gasteiger partial charge in [0.1, 0.15) is 0 Å². The standard InChI is InChI=1S/C15H29N3O2/c1-14(2,12-16)17-13(19)11-15(5-3-4-6-15)18-7-9-20-10-8-18/h3-12,16H2,1-2H3,(H,17,19). The Morgan fingerprint density at radius 2 is 1.90 bits per heavy atom. The van der Waals surface area contributed by atoms with Crippen molar-refractivity contribution in [2.24, 2.45) is 5.73 Å². The van der Waals surface area contributed by atoms with Gasteiger partial charge in [0.05, 0.1) is 13.2 Å². The summed E-state index contributed by atoms with van der Waals surface area (Å²) in [6.45, 7) is 7.89. The van der Waals surface area contributed by atoms with Crippen LogP contribution < -0.4 is 11.1 Å². The Bertz CT molecular complexity index is 332. The molecule has 0 aromatic carbocycles. The van der Waals surface area contributed by atoms with Gasteiger partial charge < -0.3 is 15.8 Å². The average Bonchev–Trinajstić information content (AvgIpc) is 2.89. The summed E-state index contributed by atoms with van der Waals surface area (Å²) in [7, 11) is 0. The molecule has 0 aromatic heterocycles. The Morgan fingerprint density at radius 1 is 1.30 bits per heavy atom. The number of nitrogens with two attached hydrogens (primary N) is 1. The lowest BCUT2D eigenvalue weighted by Crippen LogP contribution is -2.56. The molecule has 0 unspecified atom stereocenters. The van der Waals surface area contributed by atoms with Crippen molar-refractivity contribution >= 4 is 5.91 Å². The number of morpholine rings is 1. The van der Waals surface area contributed by atoms with Crippen molar-refractivity contribution in [2.45, 2.75) is 57.0 Å². The fraction of sp³-hybridized carbons (Fsp3) is 0.933. The van der Waals surface area contributed by atoms with Gasteiger partial charge in [-0.15, -0.1) is 0 Å². The van der Waals surface area contributed by atoms with Gasteiger partial charge in [-0.1, -0.05) is 12.8 Å². The number of rotatable bonds is 5. The Hall–Kier alpha value is -0.650. The molecule has 1 aliphatic heterocycles. The zero-order chi connectivity index (χ0) is 14.6. The number of hydrogen-bond donors (Lipinski definition) is 2. The van der Waals surface area contributed by atoms with Crippen LogP contribution in [0.5, 0.6) is 0 Å². The van der Waals surface area contributed by atoms with Crippen LogP contribution in [0.4, 0.5) is 0 Å². The molecule has 1 amide bonds. The quantitative estimate of drug-likeness (QED) is 0.786. The van der Waals surface area contributed by atoms with Crippen LogP contribution in [0.25, 0.3) is 0 Å². The molecule has 1 saturated heterocycles. The van der Waals surface area contributed by atoms with E-state index in [0.29, 0.717) is 13.0 Å². The Labute approximate surface area is 122 Å². The maximum atomic E-state index is 12.4. The molecule has 5 nitrogen and oxygen atoms in total. The summed E-state index contributed by atoms with van der Waals surface area (Å²) in [5.41, 5.74) is 5.43. The van der Waals surface area contributed by atoms with Crippen LogP contribution in [0.1, 0.15) is 46.0 Å². The van der Waals surface area contributed by atoms with Crippen molar-refractivity contribution < 1.29 is 9.53 Å². The molecule has 0 spiro atoms. The van der Waals surface area contributed by atoms with E-state index in [1.54, 1.807) is 0 Å². The van der Waals surface area contributed by atoms with Gasteiger partial charge in [-0.3, -0.25) is 9.69 Å². The third kappa shape index (κ3) is 3.71. The van der Waals surface area contributed by atoms with Crippen LogP contribution in [0.3, 0.4) is 0 Å². The van der Waals surface area contributed by atoms with Gasteiger partial charge in [0.2, 0.25) is 5.91 Å². The van der Waals surface area contributed by atoms with E-state index in [-0.39, 0.29) is 17.0 Å². The zero-order valence-corrected chi connectivity index (χ0v) is 12.9. The lowest BCUT2D eigenvalue weighted by atomic mass is 9.89. The first-order chi connectivity index (χ1) is 9.47. The number of amides is 1. The number of carbonyl (C=O) groups is 1. The van der Waals surface area contributed by atoms with E-state index in [2.05, 4.69) is 10.2 Å². The molecule has 0 aromatic rings.